The lowest BCUT2D eigenvalue weighted by atomic mass is 9.96. The summed E-state index contributed by atoms with van der Waals surface area (Å²) >= 11 is 0. The number of aliphatic imine (C=N–C) groups is 2. The molecule has 0 bridgehead atoms. The van der Waals surface area contributed by atoms with Crippen LogP contribution in [0.1, 0.15) is 44.1 Å². The van der Waals surface area contributed by atoms with E-state index in [1.54, 1.807) is 0 Å². The topological polar surface area (TPSA) is 34.0 Å². The third-order valence-electron chi connectivity index (χ3n) is 3.56. The Balaban J connectivity index is 1.51. The Kier molecular flexibility index (Phi) is 7.08. The van der Waals surface area contributed by atoms with Gasteiger partial charge in [0.15, 0.2) is 0 Å². The Labute approximate surface area is 121 Å². The second kappa shape index (κ2) is 9.46. The molecular formula is C17H24N2O. The number of rotatable bonds is 7. The summed E-state index contributed by atoms with van der Waals surface area (Å²) in [6.45, 7) is 2.18. The van der Waals surface area contributed by atoms with Gasteiger partial charge < -0.3 is 4.74 Å². The number of hydrogen-bond donors (Lipinski definition) is 0. The molecule has 2 rings (SSSR count). The summed E-state index contributed by atoms with van der Waals surface area (Å²) in [5.74, 6) is 0. The number of ether oxygens (including phenoxy) is 1. The zero-order valence-corrected chi connectivity index (χ0v) is 12.1. The Morgan fingerprint density at radius 3 is 2.70 bits per heavy atom. The van der Waals surface area contributed by atoms with Gasteiger partial charge in [-0.15, -0.1) is 0 Å². The summed E-state index contributed by atoms with van der Waals surface area (Å²) in [5, 5.41) is 0. The zero-order valence-electron chi connectivity index (χ0n) is 12.1. The van der Waals surface area contributed by atoms with Crippen molar-refractivity contribution < 1.29 is 4.74 Å². The minimum Gasteiger partial charge on any atom is -0.377 e. The normalized spacial score (nSPS) is 15.6. The molecule has 1 fully saturated rings. The number of nitrogens with zero attached hydrogens (tertiary/aromatic N) is 2. The average molecular weight is 272 g/mol. The predicted octanol–water partition coefficient (Wildman–Crippen LogP) is 4.10. The van der Waals surface area contributed by atoms with Gasteiger partial charge in [-0.2, -0.15) is 0 Å². The fourth-order valence-corrected chi connectivity index (χ4v) is 2.39. The van der Waals surface area contributed by atoms with E-state index in [1.807, 2.05) is 18.2 Å². The molecule has 0 heterocycles. The van der Waals surface area contributed by atoms with Gasteiger partial charge in [0.05, 0.1) is 25.2 Å². The van der Waals surface area contributed by atoms with E-state index >= 15 is 0 Å². The van der Waals surface area contributed by atoms with E-state index in [1.165, 1.54) is 37.7 Å². The quantitative estimate of drug-likeness (QED) is 0.543. The molecule has 0 aliphatic heterocycles. The molecule has 1 aliphatic rings. The molecule has 0 atom stereocenters. The maximum atomic E-state index is 5.60. The highest BCUT2D eigenvalue weighted by Gasteiger charge is 2.10. The van der Waals surface area contributed by atoms with E-state index in [9.17, 15) is 0 Å². The van der Waals surface area contributed by atoms with Gasteiger partial charge in [0, 0.05) is 6.61 Å². The van der Waals surface area contributed by atoms with Crippen LogP contribution in [0.5, 0.6) is 0 Å². The summed E-state index contributed by atoms with van der Waals surface area (Å²) in [7, 11) is 0. The van der Waals surface area contributed by atoms with Crippen molar-refractivity contribution in [2.24, 2.45) is 9.98 Å². The van der Waals surface area contributed by atoms with Crippen LogP contribution in [0, 0.1) is 0 Å². The molecule has 1 aromatic carbocycles. The predicted molar refractivity (Wildman–Crippen MR) is 82.3 cm³/mol. The lowest BCUT2D eigenvalue weighted by molar-refractivity contribution is 0.120. The second-order valence-corrected chi connectivity index (χ2v) is 5.29. The fraction of sp³-hybridized carbons (Fsp3) is 0.588. The van der Waals surface area contributed by atoms with Crippen LogP contribution in [0.3, 0.4) is 0 Å². The van der Waals surface area contributed by atoms with Crippen molar-refractivity contribution in [2.45, 2.75) is 51.2 Å². The first-order valence-corrected chi connectivity index (χ1v) is 7.68. The maximum Gasteiger partial charge on any atom is 0.0895 e. The first kappa shape index (κ1) is 15.0. The molecule has 3 heteroatoms. The van der Waals surface area contributed by atoms with E-state index < -0.39 is 0 Å². The van der Waals surface area contributed by atoms with Crippen molar-refractivity contribution in [2.75, 3.05) is 13.2 Å². The summed E-state index contributed by atoms with van der Waals surface area (Å²) in [6, 6.07) is 13.6. The van der Waals surface area contributed by atoms with Crippen LogP contribution in [-0.2, 0) is 11.3 Å². The second-order valence-electron chi connectivity index (χ2n) is 5.29. The summed E-state index contributed by atoms with van der Waals surface area (Å²) in [4.78, 5) is 8.60. The highest BCUT2D eigenvalue weighted by Crippen LogP contribution is 2.19. The Morgan fingerprint density at radius 1 is 1.10 bits per heavy atom. The molecule has 0 radical (unpaired) electrons. The number of hydrogen-bond acceptors (Lipinski definition) is 3. The molecule has 3 nitrogen and oxygen atoms in total. The van der Waals surface area contributed by atoms with Gasteiger partial charge >= 0.3 is 0 Å². The minimum absolute atomic E-state index is 0.474. The average Bonchev–Trinajstić information content (AvgIpc) is 2.52. The zero-order chi connectivity index (χ0) is 13.9. The van der Waals surface area contributed by atoms with Crippen molar-refractivity contribution >= 4 is 6.01 Å². The largest absolute Gasteiger partial charge is 0.377 e. The van der Waals surface area contributed by atoms with E-state index in [-0.39, 0.29) is 0 Å². The van der Waals surface area contributed by atoms with Gasteiger partial charge in [0.25, 0.3) is 0 Å². The fourth-order valence-electron chi connectivity index (χ4n) is 2.39. The molecule has 1 saturated carbocycles. The molecule has 20 heavy (non-hydrogen) atoms. The summed E-state index contributed by atoms with van der Waals surface area (Å²) in [6.07, 6.45) is 7.33. The smallest absolute Gasteiger partial charge is 0.0895 e. The van der Waals surface area contributed by atoms with E-state index in [0.717, 1.165) is 19.6 Å². The third-order valence-corrected chi connectivity index (χ3v) is 3.56. The lowest BCUT2D eigenvalue weighted by Gasteiger charge is -2.15. The number of benzene rings is 1. The third kappa shape index (κ3) is 6.14. The molecule has 0 N–H and O–H groups in total. The van der Waals surface area contributed by atoms with Crippen LogP contribution >= 0.6 is 0 Å². The van der Waals surface area contributed by atoms with Crippen LogP contribution in [0.2, 0.25) is 0 Å². The first-order valence-electron chi connectivity index (χ1n) is 7.68. The molecular weight excluding hydrogens is 248 g/mol. The molecule has 0 aromatic heterocycles. The standard InChI is InChI=1S/C17H24N2O/c1-3-8-16(9-4-1)14-20-13-7-12-18-15-19-17-10-5-2-6-11-17/h1,3-4,8-9,17H,2,5-7,10-14H2. The van der Waals surface area contributed by atoms with Crippen molar-refractivity contribution in [3.8, 4) is 0 Å². The van der Waals surface area contributed by atoms with E-state index in [4.69, 9.17) is 4.74 Å². The highest BCUT2D eigenvalue weighted by molar-refractivity contribution is 5.41. The van der Waals surface area contributed by atoms with Crippen LogP contribution in [0.15, 0.2) is 40.3 Å². The molecule has 0 unspecified atom stereocenters. The van der Waals surface area contributed by atoms with Gasteiger partial charge in [-0.1, -0.05) is 49.6 Å². The first-order chi connectivity index (χ1) is 9.95. The molecule has 0 saturated heterocycles. The van der Waals surface area contributed by atoms with Gasteiger partial charge in [0.1, 0.15) is 0 Å². The van der Waals surface area contributed by atoms with Crippen molar-refractivity contribution in [3.05, 3.63) is 35.9 Å². The Morgan fingerprint density at radius 2 is 1.90 bits per heavy atom. The van der Waals surface area contributed by atoms with Crippen LogP contribution < -0.4 is 0 Å². The van der Waals surface area contributed by atoms with E-state index in [2.05, 4.69) is 28.1 Å². The summed E-state index contributed by atoms with van der Waals surface area (Å²) in [5.41, 5.74) is 1.22. The van der Waals surface area contributed by atoms with Crippen molar-refractivity contribution in [3.63, 3.8) is 0 Å². The van der Waals surface area contributed by atoms with Crippen molar-refractivity contribution in [1.29, 1.82) is 0 Å². The SMILES string of the molecule is C(=NCCCOCc1ccccc1)=NC1CCCCC1. The van der Waals surface area contributed by atoms with E-state index in [0.29, 0.717) is 12.6 Å². The molecule has 0 spiro atoms. The minimum atomic E-state index is 0.474. The van der Waals surface area contributed by atoms with Crippen molar-refractivity contribution in [1.82, 2.24) is 0 Å². The molecule has 1 aliphatic carbocycles. The lowest BCUT2D eigenvalue weighted by Crippen LogP contribution is -2.08. The van der Waals surface area contributed by atoms with Gasteiger partial charge in [-0.05, 0) is 24.8 Å². The van der Waals surface area contributed by atoms with Gasteiger partial charge in [0.2, 0.25) is 0 Å². The molecule has 1 aromatic rings. The Hall–Kier alpha value is -1.44. The maximum absolute atomic E-state index is 5.60. The molecule has 0 amide bonds. The summed E-state index contributed by atoms with van der Waals surface area (Å²) < 4.78 is 5.60. The monoisotopic (exact) mass is 272 g/mol. The highest BCUT2D eigenvalue weighted by atomic mass is 16.5. The van der Waals surface area contributed by atoms with Gasteiger partial charge in [-0.3, -0.25) is 0 Å². The molecule has 108 valence electrons. The van der Waals surface area contributed by atoms with Crippen LogP contribution in [-0.4, -0.2) is 25.2 Å². The van der Waals surface area contributed by atoms with Gasteiger partial charge in [-0.25, -0.2) is 9.98 Å². The Bertz CT molecular complexity index is 418. The van der Waals surface area contributed by atoms with Crippen LogP contribution in [0.25, 0.3) is 0 Å². The van der Waals surface area contributed by atoms with Crippen LogP contribution in [0.4, 0.5) is 0 Å².